The molecule has 25 heavy (non-hydrogen) atoms. The molecule has 0 aliphatic rings. The zero-order valence-corrected chi connectivity index (χ0v) is 14.6. The van der Waals surface area contributed by atoms with E-state index < -0.39 is 5.63 Å². The number of fused-ring (bicyclic) bond motifs is 1. The minimum atomic E-state index is -0.441. The highest BCUT2D eigenvalue weighted by Crippen LogP contribution is 2.31. The maximum atomic E-state index is 12.1. The summed E-state index contributed by atoms with van der Waals surface area (Å²) in [6.07, 6.45) is 1.76. The van der Waals surface area contributed by atoms with Crippen LogP contribution >= 0.6 is 22.9 Å². The number of benzene rings is 2. The molecule has 2 aromatic carbocycles. The van der Waals surface area contributed by atoms with Gasteiger partial charge in [-0.1, -0.05) is 54.1 Å². The average Bonchev–Trinajstić information content (AvgIpc) is 3.11. The maximum Gasteiger partial charge on any atom is 0.347 e. The van der Waals surface area contributed by atoms with Crippen LogP contribution in [0.4, 0.5) is 0 Å². The summed E-state index contributed by atoms with van der Waals surface area (Å²) in [7, 11) is 0. The lowest BCUT2D eigenvalue weighted by atomic mass is 10.2. The number of para-hydroxylation sites is 1. The molecule has 122 valence electrons. The van der Waals surface area contributed by atoms with Crippen molar-refractivity contribution in [2.75, 3.05) is 0 Å². The number of thiophene rings is 1. The van der Waals surface area contributed by atoms with Gasteiger partial charge in [-0.25, -0.2) is 9.78 Å². The Balaban J connectivity index is 1.70. The molecule has 0 aliphatic carbocycles. The van der Waals surface area contributed by atoms with Crippen LogP contribution < -0.4 is 5.63 Å². The van der Waals surface area contributed by atoms with E-state index in [2.05, 4.69) is 17.1 Å². The van der Waals surface area contributed by atoms with Crippen LogP contribution in [0, 0.1) is 0 Å². The Kier molecular flexibility index (Phi) is 4.22. The molecule has 0 N–H and O–H groups in total. The molecule has 2 aromatic heterocycles. The molecule has 3 nitrogen and oxygen atoms in total. The first-order valence-electron chi connectivity index (χ1n) is 7.63. The molecule has 0 spiro atoms. The molecule has 0 saturated carbocycles. The Hall–Kier alpha value is -2.69. The van der Waals surface area contributed by atoms with Crippen molar-refractivity contribution in [2.45, 2.75) is 0 Å². The highest BCUT2D eigenvalue weighted by molar-refractivity contribution is 7.16. The monoisotopic (exact) mass is 365 g/mol. The summed E-state index contributed by atoms with van der Waals surface area (Å²) >= 11 is 7.95. The fraction of sp³-hybridized carbons (Fsp3) is 0. The summed E-state index contributed by atoms with van der Waals surface area (Å²) in [6.45, 7) is 0. The third kappa shape index (κ3) is 3.27. The number of nitrogens with zero attached hydrogens (tertiary/aromatic N) is 1. The molecule has 4 aromatic rings. The van der Waals surface area contributed by atoms with Gasteiger partial charge >= 0.3 is 5.63 Å². The Labute approximate surface area is 152 Å². The Morgan fingerprint density at radius 3 is 2.60 bits per heavy atom. The molecular weight excluding hydrogens is 354 g/mol. The zero-order valence-electron chi connectivity index (χ0n) is 13.0. The van der Waals surface area contributed by atoms with E-state index in [0.29, 0.717) is 15.9 Å². The van der Waals surface area contributed by atoms with Gasteiger partial charge in [-0.3, -0.25) is 0 Å². The van der Waals surface area contributed by atoms with Crippen molar-refractivity contribution in [3.8, 4) is 10.4 Å². The third-order valence-corrected chi connectivity index (χ3v) is 5.05. The topological polar surface area (TPSA) is 43.1 Å². The smallest absolute Gasteiger partial charge is 0.347 e. The summed E-state index contributed by atoms with van der Waals surface area (Å²) in [6, 6.07) is 21.2. The molecule has 0 fully saturated rings. The van der Waals surface area contributed by atoms with Gasteiger partial charge in [-0.15, -0.1) is 11.3 Å². The first-order valence-corrected chi connectivity index (χ1v) is 8.83. The fourth-order valence-electron chi connectivity index (χ4n) is 2.50. The van der Waals surface area contributed by atoms with E-state index in [-0.39, 0.29) is 5.89 Å². The number of halogens is 1. The number of hydrogen-bond donors (Lipinski definition) is 0. The van der Waals surface area contributed by atoms with Crippen molar-refractivity contribution in [1.29, 1.82) is 0 Å². The SMILES string of the molecule is O=c1oc(/C(Cl)=C/c2ccc(-c3ccccc3)s2)nc2ccccc12. The number of rotatable bonds is 3. The van der Waals surface area contributed by atoms with E-state index in [1.54, 1.807) is 35.6 Å². The van der Waals surface area contributed by atoms with Crippen molar-refractivity contribution in [3.63, 3.8) is 0 Å². The standard InChI is InChI=1S/C20H12ClNO2S/c21-16(19-22-17-9-5-4-8-15(17)20(23)24-19)12-14-10-11-18(25-14)13-6-2-1-3-7-13/h1-12H/b16-12-. The fourth-order valence-corrected chi connectivity index (χ4v) is 3.72. The van der Waals surface area contributed by atoms with Gasteiger partial charge in [-0.05, 0) is 35.9 Å². The molecule has 0 radical (unpaired) electrons. The average molecular weight is 366 g/mol. The van der Waals surface area contributed by atoms with Crippen LogP contribution in [0.3, 0.4) is 0 Å². The van der Waals surface area contributed by atoms with E-state index in [9.17, 15) is 4.79 Å². The second-order valence-corrected chi connectivity index (χ2v) is 6.91. The van der Waals surface area contributed by atoms with E-state index in [1.165, 1.54) is 0 Å². The predicted molar refractivity (Wildman–Crippen MR) is 104 cm³/mol. The van der Waals surface area contributed by atoms with Crippen LogP contribution in [0.2, 0.25) is 0 Å². The van der Waals surface area contributed by atoms with Crippen LogP contribution in [0.5, 0.6) is 0 Å². The summed E-state index contributed by atoms with van der Waals surface area (Å²) in [5.74, 6) is 0.125. The van der Waals surface area contributed by atoms with Gasteiger partial charge < -0.3 is 4.42 Å². The highest BCUT2D eigenvalue weighted by atomic mass is 35.5. The largest absolute Gasteiger partial charge is 0.402 e. The Morgan fingerprint density at radius 2 is 1.76 bits per heavy atom. The molecule has 0 unspecified atom stereocenters. The molecule has 5 heteroatoms. The van der Waals surface area contributed by atoms with Crippen molar-refractivity contribution in [1.82, 2.24) is 4.98 Å². The summed E-state index contributed by atoms with van der Waals surface area (Å²) in [5, 5.41) is 0.738. The third-order valence-electron chi connectivity index (χ3n) is 3.69. The molecule has 0 saturated heterocycles. The van der Waals surface area contributed by atoms with Gasteiger partial charge in [0.25, 0.3) is 0 Å². The maximum absolute atomic E-state index is 12.1. The summed E-state index contributed by atoms with van der Waals surface area (Å²) < 4.78 is 5.25. The number of aromatic nitrogens is 1. The van der Waals surface area contributed by atoms with Crippen molar-refractivity contribution in [2.24, 2.45) is 0 Å². The van der Waals surface area contributed by atoms with Crippen LogP contribution in [0.15, 0.2) is 75.9 Å². The van der Waals surface area contributed by atoms with Gasteiger partial charge in [-0.2, -0.15) is 0 Å². The lowest BCUT2D eigenvalue weighted by Gasteiger charge is -1.99. The highest BCUT2D eigenvalue weighted by Gasteiger charge is 2.10. The van der Waals surface area contributed by atoms with Crippen molar-refractivity contribution >= 4 is 44.9 Å². The van der Waals surface area contributed by atoms with Crippen LogP contribution in [-0.2, 0) is 0 Å². The molecule has 0 atom stereocenters. The quantitative estimate of drug-likeness (QED) is 0.471. The zero-order chi connectivity index (χ0) is 17.2. The second-order valence-electron chi connectivity index (χ2n) is 5.38. The molecule has 2 heterocycles. The Bertz CT molecular complexity index is 1130. The lowest BCUT2D eigenvalue weighted by Crippen LogP contribution is -2.03. The Morgan fingerprint density at radius 1 is 1.00 bits per heavy atom. The van der Waals surface area contributed by atoms with Gasteiger partial charge in [0.2, 0.25) is 5.89 Å². The molecular formula is C20H12ClNO2S. The van der Waals surface area contributed by atoms with E-state index in [0.717, 1.165) is 15.3 Å². The molecule has 0 bridgehead atoms. The molecule has 0 amide bonds. The summed E-state index contributed by atoms with van der Waals surface area (Å²) in [4.78, 5) is 18.5. The second kappa shape index (κ2) is 6.67. The van der Waals surface area contributed by atoms with E-state index >= 15 is 0 Å². The first kappa shape index (κ1) is 15.8. The van der Waals surface area contributed by atoms with Gasteiger partial charge in [0.15, 0.2) is 0 Å². The molecule has 0 aliphatic heterocycles. The number of hydrogen-bond acceptors (Lipinski definition) is 4. The van der Waals surface area contributed by atoms with Crippen molar-refractivity contribution in [3.05, 3.63) is 87.9 Å². The van der Waals surface area contributed by atoms with Gasteiger partial charge in [0.05, 0.1) is 10.9 Å². The minimum absolute atomic E-state index is 0.125. The van der Waals surface area contributed by atoms with Crippen LogP contribution in [0.25, 0.3) is 32.5 Å². The predicted octanol–water partition coefficient (Wildman–Crippen LogP) is 5.65. The minimum Gasteiger partial charge on any atom is -0.402 e. The van der Waals surface area contributed by atoms with Gasteiger partial charge in [0.1, 0.15) is 5.03 Å². The van der Waals surface area contributed by atoms with Crippen LogP contribution in [0.1, 0.15) is 10.8 Å². The lowest BCUT2D eigenvalue weighted by molar-refractivity contribution is 0.489. The summed E-state index contributed by atoms with van der Waals surface area (Å²) in [5.41, 5.74) is 1.28. The first-order chi connectivity index (χ1) is 12.2. The molecule has 4 rings (SSSR count). The van der Waals surface area contributed by atoms with Crippen molar-refractivity contribution < 1.29 is 4.42 Å². The normalized spacial score (nSPS) is 11.8. The van der Waals surface area contributed by atoms with Crippen LogP contribution in [-0.4, -0.2) is 4.98 Å². The van der Waals surface area contributed by atoms with Gasteiger partial charge in [0, 0.05) is 9.75 Å². The van der Waals surface area contributed by atoms with E-state index in [1.807, 2.05) is 36.4 Å². The van der Waals surface area contributed by atoms with E-state index in [4.69, 9.17) is 16.0 Å².